The van der Waals surface area contributed by atoms with Crippen molar-refractivity contribution in [2.45, 2.75) is 393 Å². The molecule has 0 bridgehead atoms. The van der Waals surface area contributed by atoms with Crippen molar-refractivity contribution in [2.24, 2.45) is 0 Å². The van der Waals surface area contributed by atoms with Crippen molar-refractivity contribution in [3.05, 3.63) is 48.6 Å². The molecule has 0 rings (SSSR count). The molecular weight excluding hydrogens is 985 g/mol. The molecule has 0 amide bonds. The number of hydrogen-bond donors (Lipinski definition) is 0. The van der Waals surface area contributed by atoms with Gasteiger partial charge in [-0.2, -0.15) is 0 Å². The highest BCUT2D eigenvalue weighted by Crippen LogP contribution is 2.19. The largest absolute Gasteiger partial charge is 0.462 e. The molecule has 0 aliphatic carbocycles. The van der Waals surface area contributed by atoms with Gasteiger partial charge in [-0.1, -0.05) is 358 Å². The van der Waals surface area contributed by atoms with Gasteiger partial charge in [0.25, 0.3) is 0 Å². The van der Waals surface area contributed by atoms with Crippen LogP contribution in [0.15, 0.2) is 48.6 Å². The Hall–Kier alpha value is -2.63. The van der Waals surface area contributed by atoms with E-state index < -0.39 is 6.10 Å². The van der Waals surface area contributed by atoms with E-state index in [2.05, 4.69) is 69.4 Å². The summed E-state index contributed by atoms with van der Waals surface area (Å²) in [5.74, 6) is -0.835. The Morgan fingerprint density at radius 3 is 0.762 bits per heavy atom. The predicted octanol–water partition coefficient (Wildman–Crippen LogP) is 24.5. The van der Waals surface area contributed by atoms with Crippen LogP contribution in [0.4, 0.5) is 0 Å². The molecule has 0 aromatic carbocycles. The van der Waals surface area contributed by atoms with E-state index in [4.69, 9.17) is 14.2 Å². The van der Waals surface area contributed by atoms with Crippen LogP contribution in [0.2, 0.25) is 0 Å². The van der Waals surface area contributed by atoms with Gasteiger partial charge in [0.15, 0.2) is 6.10 Å². The van der Waals surface area contributed by atoms with E-state index in [0.29, 0.717) is 19.3 Å². The van der Waals surface area contributed by atoms with Gasteiger partial charge in [-0.15, -0.1) is 0 Å². The van der Waals surface area contributed by atoms with Crippen LogP contribution in [-0.2, 0) is 28.6 Å². The van der Waals surface area contributed by atoms with Crippen LogP contribution in [0, 0.1) is 0 Å². The van der Waals surface area contributed by atoms with Crippen molar-refractivity contribution in [3.63, 3.8) is 0 Å². The first-order valence-electron chi connectivity index (χ1n) is 35.6. The lowest BCUT2D eigenvalue weighted by atomic mass is 10.0. The van der Waals surface area contributed by atoms with E-state index in [0.717, 1.165) is 83.5 Å². The van der Waals surface area contributed by atoms with E-state index in [1.807, 2.05) is 0 Å². The summed E-state index contributed by atoms with van der Waals surface area (Å²) in [6.07, 6.45) is 87.3. The van der Waals surface area contributed by atoms with Gasteiger partial charge in [0, 0.05) is 19.3 Å². The number of ether oxygens (including phenoxy) is 3. The number of allylic oxidation sites excluding steroid dienone is 8. The molecule has 0 saturated heterocycles. The summed E-state index contributed by atoms with van der Waals surface area (Å²) in [4.78, 5) is 38.3. The second-order valence-electron chi connectivity index (χ2n) is 24.1. The Morgan fingerprint density at radius 2 is 0.487 bits per heavy atom. The Bertz CT molecular complexity index is 1380. The first-order valence-corrected chi connectivity index (χ1v) is 35.6. The topological polar surface area (TPSA) is 78.9 Å². The maximum Gasteiger partial charge on any atom is 0.306 e. The number of esters is 3. The van der Waals surface area contributed by atoms with Crippen LogP contribution in [0.1, 0.15) is 387 Å². The van der Waals surface area contributed by atoms with Crippen molar-refractivity contribution in [2.75, 3.05) is 13.2 Å². The number of carbonyl (C=O) groups is 3. The Balaban J connectivity index is 4.08. The van der Waals surface area contributed by atoms with E-state index >= 15 is 0 Å². The van der Waals surface area contributed by atoms with Gasteiger partial charge in [0.2, 0.25) is 0 Å². The van der Waals surface area contributed by atoms with Crippen molar-refractivity contribution in [3.8, 4) is 0 Å². The smallest absolute Gasteiger partial charge is 0.306 e. The van der Waals surface area contributed by atoms with E-state index in [-0.39, 0.29) is 31.1 Å². The lowest BCUT2D eigenvalue weighted by Crippen LogP contribution is -2.30. The zero-order chi connectivity index (χ0) is 57.8. The molecule has 0 spiro atoms. The number of rotatable bonds is 66. The summed E-state index contributed by atoms with van der Waals surface area (Å²) >= 11 is 0. The fraction of sp³-hybridized carbons (Fsp3) is 0.851. The van der Waals surface area contributed by atoms with Crippen LogP contribution >= 0.6 is 0 Å². The maximum absolute atomic E-state index is 12.9. The molecule has 0 N–H and O–H groups in total. The van der Waals surface area contributed by atoms with Gasteiger partial charge in [0.1, 0.15) is 13.2 Å². The number of carbonyl (C=O) groups excluding carboxylic acids is 3. The predicted molar refractivity (Wildman–Crippen MR) is 349 cm³/mol. The molecule has 0 aromatic rings. The average molecular weight is 1120 g/mol. The van der Waals surface area contributed by atoms with E-state index in [1.165, 1.54) is 263 Å². The summed E-state index contributed by atoms with van der Waals surface area (Å²) in [5.41, 5.74) is 0. The van der Waals surface area contributed by atoms with Crippen molar-refractivity contribution >= 4 is 17.9 Å². The highest BCUT2D eigenvalue weighted by atomic mass is 16.6. The second kappa shape index (κ2) is 68.9. The zero-order valence-electron chi connectivity index (χ0n) is 53.9. The van der Waals surface area contributed by atoms with Gasteiger partial charge in [-0.3, -0.25) is 14.4 Å². The quantitative estimate of drug-likeness (QED) is 0.0261. The number of unbranched alkanes of at least 4 members (excludes halogenated alkanes) is 47. The van der Waals surface area contributed by atoms with Crippen LogP contribution in [0.25, 0.3) is 0 Å². The van der Waals surface area contributed by atoms with Crippen LogP contribution in [-0.4, -0.2) is 37.2 Å². The van der Waals surface area contributed by atoms with Gasteiger partial charge < -0.3 is 14.2 Å². The second-order valence-corrected chi connectivity index (χ2v) is 24.1. The van der Waals surface area contributed by atoms with E-state index in [9.17, 15) is 14.4 Å². The summed E-state index contributed by atoms with van der Waals surface area (Å²) in [5, 5.41) is 0. The number of hydrogen-bond acceptors (Lipinski definition) is 6. The third-order valence-corrected chi connectivity index (χ3v) is 16.1. The lowest BCUT2D eigenvalue weighted by molar-refractivity contribution is -0.167. The van der Waals surface area contributed by atoms with Gasteiger partial charge in [-0.05, 0) is 57.8 Å². The molecule has 0 heterocycles. The molecule has 0 saturated carbocycles. The molecule has 6 nitrogen and oxygen atoms in total. The molecule has 80 heavy (non-hydrogen) atoms. The average Bonchev–Trinajstić information content (AvgIpc) is 3.46. The highest BCUT2D eigenvalue weighted by Gasteiger charge is 2.19. The van der Waals surface area contributed by atoms with Crippen LogP contribution in [0.5, 0.6) is 0 Å². The first kappa shape index (κ1) is 77.4. The van der Waals surface area contributed by atoms with Gasteiger partial charge in [-0.25, -0.2) is 0 Å². The molecule has 468 valence electrons. The van der Waals surface area contributed by atoms with Crippen molar-refractivity contribution in [1.29, 1.82) is 0 Å². The maximum atomic E-state index is 12.9. The minimum Gasteiger partial charge on any atom is -0.462 e. The van der Waals surface area contributed by atoms with Gasteiger partial charge >= 0.3 is 17.9 Å². The Kier molecular flexibility index (Phi) is 66.6. The molecule has 0 aromatic heterocycles. The Labute approximate surface area is 498 Å². The zero-order valence-corrected chi connectivity index (χ0v) is 53.9. The minimum atomic E-state index is -0.767. The van der Waals surface area contributed by atoms with Crippen molar-refractivity contribution in [1.82, 2.24) is 0 Å². The summed E-state index contributed by atoms with van der Waals surface area (Å²) in [6, 6.07) is 0. The summed E-state index contributed by atoms with van der Waals surface area (Å²) in [7, 11) is 0. The molecule has 0 aliphatic heterocycles. The fourth-order valence-electron chi connectivity index (χ4n) is 10.8. The SMILES string of the molecule is CC/C=C\C/C=C\C/C=C\C/C=C\CCCCCCCCCCCCCCCCCCCCCCC(=O)OCC(COC(=O)CCCCCCCCCCCCC)OC(=O)CCCCCCCCCCCCCCCCCCCC. The summed E-state index contributed by atoms with van der Waals surface area (Å²) < 4.78 is 17.0. The third-order valence-electron chi connectivity index (χ3n) is 16.1. The van der Waals surface area contributed by atoms with Gasteiger partial charge in [0.05, 0.1) is 0 Å². The molecule has 0 fully saturated rings. The molecule has 6 heteroatoms. The summed E-state index contributed by atoms with van der Waals surface area (Å²) in [6.45, 7) is 6.59. The highest BCUT2D eigenvalue weighted by molar-refractivity contribution is 5.71. The fourth-order valence-corrected chi connectivity index (χ4v) is 10.8. The first-order chi connectivity index (χ1) is 39.5. The lowest BCUT2D eigenvalue weighted by Gasteiger charge is -2.18. The van der Waals surface area contributed by atoms with Crippen LogP contribution < -0.4 is 0 Å². The standard InChI is InChI=1S/C74H136O6/c1-4-7-10-13-16-19-22-24-26-28-30-31-32-33-34-35-36-37-38-39-40-41-42-43-44-46-47-49-52-55-58-61-64-67-73(76)79-70-71(69-78-72(75)66-63-60-57-54-51-21-18-15-12-9-6-3)80-74(77)68-65-62-59-56-53-50-48-45-29-27-25-23-20-17-14-11-8-5-2/h7,10,16,19,24,26,30-31,71H,4-6,8-9,11-15,17-18,20-23,25,27-29,32-70H2,1-3H3/b10-7-,19-16-,26-24-,31-30-. The van der Waals surface area contributed by atoms with Crippen LogP contribution in [0.3, 0.4) is 0 Å². The molecular formula is C74H136O6. The molecule has 0 radical (unpaired) electrons. The molecule has 0 aliphatic rings. The van der Waals surface area contributed by atoms with Crippen molar-refractivity contribution < 1.29 is 28.6 Å². The monoisotopic (exact) mass is 1120 g/mol. The normalized spacial score (nSPS) is 12.3. The Morgan fingerprint density at radius 1 is 0.263 bits per heavy atom. The van der Waals surface area contributed by atoms with E-state index in [1.54, 1.807) is 0 Å². The molecule has 1 unspecified atom stereocenters. The minimum absolute atomic E-state index is 0.0646. The third kappa shape index (κ3) is 66.2. The molecule has 1 atom stereocenters.